The molecule has 0 fully saturated rings. The van der Waals surface area contributed by atoms with Crippen LogP contribution in [0.3, 0.4) is 0 Å². The van der Waals surface area contributed by atoms with Crippen molar-refractivity contribution in [2.45, 2.75) is 24.7 Å². The van der Waals surface area contributed by atoms with E-state index >= 15 is 0 Å². The van der Waals surface area contributed by atoms with Crippen molar-refractivity contribution in [3.8, 4) is 0 Å². The Morgan fingerprint density at radius 2 is 2.00 bits per heavy atom. The maximum Gasteiger partial charge on any atom is 0.337 e. The standard InChI is InChI=1S/C13H18FNO5S/c1-2-3-6-15(7-8-16)21(19,20)12-9-10(14)4-5-11(12)13(17)18/h4-5,9,16H,2-3,6-8H2,1H3,(H,17,18). The van der Waals surface area contributed by atoms with E-state index in [-0.39, 0.29) is 13.1 Å². The summed E-state index contributed by atoms with van der Waals surface area (Å²) in [5, 5.41) is 18.0. The van der Waals surface area contributed by atoms with Crippen molar-refractivity contribution in [1.29, 1.82) is 0 Å². The van der Waals surface area contributed by atoms with Gasteiger partial charge in [-0.2, -0.15) is 4.31 Å². The predicted molar refractivity (Wildman–Crippen MR) is 74.1 cm³/mol. The van der Waals surface area contributed by atoms with Crippen molar-refractivity contribution in [3.63, 3.8) is 0 Å². The van der Waals surface area contributed by atoms with Crippen molar-refractivity contribution in [2.24, 2.45) is 0 Å². The van der Waals surface area contributed by atoms with Gasteiger partial charge in [-0.25, -0.2) is 17.6 Å². The minimum absolute atomic E-state index is 0.134. The van der Waals surface area contributed by atoms with E-state index in [4.69, 9.17) is 10.2 Å². The van der Waals surface area contributed by atoms with Crippen LogP contribution in [0, 0.1) is 5.82 Å². The van der Waals surface area contributed by atoms with E-state index in [1.54, 1.807) is 0 Å². The lowest BCUT2D eigenvalue weighted by molar-refractivity contribution is 0.0692. The second kappa shape index (κ2) is 7.48. The number of nitrogens with zero attached hydrogens (tertiary/aromatic N) is 1. The van der Waals surface area contributed by atoms with E-state index in [2.05, 4.69) is 0 Å². The molecule has 0 spiro atoms. The van der Waals surface area contributed by atoms with Crippen molar-refractivity contribution in [1.82, 2.24) is 4.31 Å². The number of hydrogen-bond donors (Lipinski definition) is 2. The summed E-state index contributed by atoms with van der Waals surface area (Å²) in [5.41, 5.74) is -0.490. The average Bonchev–Trinajstić information content (AvgIpc) is 2.42. The lowest BCUT2D eigenvalue weighted by Gasteiger charge is -2.22. The molecule has 0 saturated heterocycles. The topological polar surface area (TPSA) is 94.9 Å². The van der Waals surface area contributed by atoms with Crippen LogP contribution in [0.1, 0.15) is 30.1 Å². The maximum atomic E-state index is 13.3. The van der Waals surface area contributed by atoms with Crippen LogP contribution >= 0.6 is 0 Å². The van der Waals surface area contributed by atoms with E-state index in [0.29, 0.717) is 12.5 Å². The van der Waals surface area contributed by atoms with Crippen molar-refractivity contribution in [3.05, 3.63) is 29.6 Å². The number of halogens is 1. The molecule has 0 unspecified atom stereocenters. The van der Waals surface area contributed by atoms with Crippen LogP contribution in [0.25, 0.3) is 0 Å². The molecule has 0 saturated carbocycles. The van der Waals surface area contributed by atoms with Crippen LogP contribution in [0.5, 0.6) is 0 Å². The van der Waals surface area contributed by atoms with Gasteiger partial charge in [-0.3, -0.25) is 0 Å². The highest BCUT2D eigenvalue weighted by Gasteiger charge is 2.29. The molecule has 0 amide bonds. The summed E-state index contributed by atoms with van der Waals surface area (Å²) >= 11 is 0. The van der Waals surface area contributed by atoms with Crippen molar-refractivity contribution < 1.29 is 27.8 Å². The minimum Gasteiger partial charge on any atom is -0.478 e. The van der Waals surface area contributed by atoms with Gasteiger partial charge in [-0.05, 0) is 24.6 Å². The maximum absolute atomic E-state index is 13.3. The number of benzene rings is 1. The number of aliphatic hydroxyl groups is 1. The number of unbranched alkanes of at least 4 members (excludes halogenated alkanes) is 1. The van der Waals surface area contributed by atoms with Crippen LogP contribution in [-0.2, 0) is 10.0 Å². The zero-order valence-electron chi connectivity index (χ0n) is 11.6. The Kier molecular flexibility index (Phi) is 6.25. The first-order chi connectivity index (χ1) is 9.84. The number of rotatable bonds is 8. The highest BCUT2D eigenvalue weighted by Crippen LogP contribution is 2.22. The average molecular weight is 319 g/mol. The Labute approximate surface area is 122 Å². The molecule has 1 aromatic carbocycles. The monoisotopic (exact) mass is 319 g/mol. The molecule has 0 aromatic heterocycles. The van der Waals surface area contributed by atoms with Crippen molar-refractivity contribution >= 4 is 16.0 Å². The van der Waals surface area contributed by atoms with Crippen LogP contribution in [0.15, 0.2) is 23.1 Å². The summed E-state index contributed by atoms with van der Waals surface area (Å²) in [6.45, 7) is 1.43. The first-order valence-electron chi connectivity index (χ1n) is 6.48. The van der Waals surface area contributed by atoms with Gasteiger partial charge < -0.3 is 10.2 Å². The van der Waals surface area contributed by atoms with Gasteiger partial charge in [-0.1, -0.05) is 13.3 Å². The molecule has 6 nitrogen and oxygen atoms in total. The predicted octanol–water partition coefficient (Wildman–Crippen LogP) is 1.31. The van der Waals surface area contributed by atoms with Gasteiger partial charge in [0.2, 0.25) is 10.0 Å². The zero-order valence-corrected chi connectivity index (χ0v) is 12.4. The van der Waals surface area contributed by atoms with Gasteiger partial charge in [-0.15, -0.1) is 0 Å². The van der Waals surface area contributed by atoms with E-state index in [1.807, 2.05) is 6.92 Å². The minimum atomic E-state index is -4.18. The Bertz CT molecular complexity index is 603. The fraction of sp³-hybridized carbons (Fsp3) is 0.462. The molecule has 0 aliphatic heterocycles. The van der Waals surface area contributed by atoms with E-state index < -0.39 is 38.9 Å². The van der Waals surface area contributed by atoms with E-state index in [9.17, 15) is 17.6 Å². The summed E-state index contributed by atoms with van der Waals surface area (Å²) in [6.07, 6.45) is 1.28. The lowest BCUT2D eigenvalue weighted by Crippen LogP contribution is -2.35. The first-order valence-corrected chi connectivity index (χ1v) is 7.92. The highest BCUT2D eigenvalue weighted by atomic mass is 32.2. The van der Waals surface area contributed by atoms with Gasteiger partial charge in [0.25, 0.3) is 0 Å². The van der Waals surface area contributed by atoms with Crippen LogP contribution in [0.4, 0.5) is 4.39 Å². The molecule has 0 bridgehead atoms. The van der Waals surface area contributed by atoms with Gasteiger partial charge in [0.1, 0.15) is 5.82 Å². The second-order valence-corrected chi connectivity index (χ2v) is 6.33. The summed E-state index contributed by atoms with van der Waals surface area (Å²) in [6, 6.07) is 2.50. The van der Waals surface area contributed by atoms with Crippen LogP contribution in [0.2, 0.25) is 0 Å². The number of hydrogen-bond acceptors (Lipinski definition) is 4. The fourth-order valence-corrected chi connectivity index (χ4v) is 3.49. The molecule has 0 aliphatic carbocycles. The molecule has 21 heavy (non-hydrogen) atoms. The molecular formula is C13H18FNO5S. The van der Waals surface area contributed by atoms with Crippen LogP contribution in [-0.4, -0.2) is 48.6 Å². The molecule has 0 radical (unpaired) electrons. The Morgan fingerprint density at radius 3 is 2.52 bits per heavy atom. The SMILES string of the molecule is CCCCN(CCO)S(=O)(=O)c1cc(F)ccc1C(=O)O. The Morgan fingerprint density at radius 1 is 1.33 bits per heavy atom. The summed E-state index contributed by atoms with van der Waals surface area (Å²) in [7, 11) is -4.18. The van der Waals surface area contributed by atoms with Gasteiger partial charge in [0, 0.05) is 13.1 Å². The van der Waals surface area contributed by atoms with E-state index in [1.165, 1.54) is 0 Å². The number of carbonyl (C=O) groups is 1. The zero-order chi connectivity index (χ0) is 16.0. The molecule has 1 aromatic rings. The van der Waals surface area contributed by atoms with Gasteiger partial charge >= 0.3 is 5.97 Å². The van der Waals surface area contributed by atoms with Gasteiger partial charge in [0.05, 0.1) is 17.1 Å². The molecule has 0 atom stereocenters. The number of aromatic carboxylic acids is 1. The van der Waals surface area contributed by atoms with Crippen molar-refractivity contribution in [2.75, 3.05) is 19.7 Å². The highest BCUT2D eigenvalue weighted by molar-refractivity contribution is 7.89. The second-order valence-electron chi connectivity index (χ2n) is 4.43. The number of aliphatic hydroxyl groups excluding tert-OH is 1. The molecule has 1 rings (SSSR count). The molecule has 0 heterocycles. The summed E-state index contributed by atoms with van der Waals surface area (Å²) in [4.78, 5) is 10.5. The Balaban J connectivity index is 3.32. The van der Waals surface area contributed by atoms with Gasteiger partial charge in [0.15, 0.2) is 0 Å². The first kappa shape index (κ1) is 17.5. The molecule has 2 N–H and O–H groups in total. The third-order valence-corrected chi connectivity index (χ3v) is 4.84. The number of sulfonamides is 1. The normalized spacial score (nSPS) is 11.8. The third-order valence-electron chi connectivity index (χ3n) is 2.90. The van der Waals surface area contributed by atoms with E-state index in [0.717, 1.165) is 22.9 Å². The summed E-state index contributed by atoms with van der Waals surface area (Å²) in [5.74, 6) is -2.29. The Hall–Kier alpha value is -1.51. The largest absolute Gasteiger partial charge is 0.478 e. The number of carboxylic acid groups (broad SMARTS) is 1. The fourth-order valence-electron chi connectivity index (χ4n) is 1.82. The molecule has 118 valence electrons. The summed E-state index contributed by atoms with van der Waals surface area (Å²) < 4.78 is 39.3. The van der Waals surface area contributed by atoms with Crippen LogP contribution < -0.4 is 0 Å². The molecule has 8 heteroatoms. The number of carboxylic acids is 1. The third kappa shape index (κ3) is 4.23. The lowest BCUT2D eigenvalue weighted by atomic mass is 10.2. The molecule has 0 aliphatic rings. The quantitative estimate of drug-likeness (QED) is 0.753. The smallest absolute Gasteiger partial charge is 0.337 e. The molecular weight excluding hydrogens is 301 g/mol.